The maximum atomic E-state index is 11.7. The van der Waals surface area contributed by atoms with Gasteiger partial charge in [-0.15, -0.1) is 0 Å². The van der Waals surface area contributed by atoms with E-state index in [1.807, 2.05) is 0 Å². The van der Waals surface area contributed by atoms with Crippen LogP contribution < -0.4 is 0 Å². The van der Waals surface area contributed by atoms with E-state index in [4.69, 9.17) is 8.92 Å². The summed E-state index contributed by atoms with van der Waals surface area (Å²) < 4.78 is 33.6. The first kappa shape index (κ1) is 11.1. The van der Waals surface area contributed by atoms with Crippen molar-refractivity contribution in [2.24, 2.45) is 0 Å². The molecule has 2 rings (SSSR count). The number of epoxide rings is 1. The van der Waals surface area contributed by atoms with Crippen LogP contribution in [0.2, 0.25) is 0 Å². The minimum absolute atomic E-state index is 0.0673. The average molecular weight is 293 g/mol. The van der Waals surface area contributed by atoms with Crippen molar-refractivity contribution in [2.45, 2.75) is 11.0 Å². The van der Waals surface area contributed by atoms with Gasteiger partial charge in [-0.1, -0.05) is 12.1 Å². The molecule has 1 aliphatic heterocycles. The van der Waals surface area contributed by atoms with Crippen molar-refractivity contribution >= 4 is 26.0 Å². The Morgan fingerprint density at radius 3 is 2.73 bits per heavy atom. The lowest BCUT2D eigenvalue weighted by Crippen LogP contribution is -2.11. The van der Waals surface area contributed by atoms with Crippen LogP contribution in [0.4, 0.5) is 0 Å². The summed E-state index contributed by atoms with van der Waals surface area (Å²) >= 11 is 3.16. The third-order valence-electron chi connectivity index (χ3n) is 1.92. The van der Waals surface area contributed by atoms with E-state index >= 15 is 0 Å². The fraction of sp³-hybridized carbons (Fsp3) is 0.333. The van der Waals surface area contributed by atoms with Crippen LogP contribution in [0.3, 0.4) is 0 Å². The molecule has 1 aromatic carbocycles. The first-order valence-corrected chi connectivity index (χ1v) is 6.55. The second-order valence-electron chi connectivity index (χ2n) is 3.12. The highest BCUT2D eigenvalue weighted by atomic mass is 79.9. The van der Waals surface area contributed by atoms with Gasteiger partial charge in [0, 0.05) is 4.47 Å². The molecular weight excluding hydrogens is 284 g/mol. The van der Waals surface area contributed by atoms with Crippen LogP contribution in [0.25, 0.3) is 0 Å². The molecule has 1 aliphatic rings. The Hall–Kier alpha value is -0.430. The van der Waals surface area contributed by atoms with Crippen LogP contribution in [0.5, 0.6) is 0 Å². The molecule has 0 spiro atoms. The van der Waals surface area contributed by atoms with Gasteiger partial charge in [-0.05, 0) is 28.1 Å². The Labute approximate surface area is 96.4 Å². The van der Waals surface area contributed by atoms with Crippen molar-refractivity contribution in [3.63, 3.8) is 0 Å². The van der Waals surface area contributed by atoms with Gasteiger partial charge < -0.3 is 4.74 Å². The van der Waals surface area contributed by atoms with Crippen LogP contribution in [-0.4, -0.2) is 27.7 Å². The highest BCUT2D eigenvalue weighted by molar-refractivity contribution is 9.10. The standard InChI is InChI=1S/C9H9BrO4S/c10-8-3-1-2-4-9(8)15(11,12)14-6-7-5-13-7/h1-4,7H,5-6H2/t7-/m0/s1. The van der Waals surface area contributed by atoms with Gasteiger partial charge in [0.05, 0.1) is 13.2 Å². The molecule has 1 heterocycles. The predicted octanol–water partition coefficient (Wildman–Crippen LogP) is 1.55. The van der Waals surface area contributed by atoms with E-state index < -0.39 is 10.1 Å². The molecule has 0 aliphatic carbocycles. The van der Waals surface area contributed by atoms with E-state index in [-0.39, 0.29) is 17.6 Å². The zero-order valence-corrected chi connectivity index (χ0v) is 10.1. The van der Waals surface area contributed by atoms with E-state index in [0.29, 0.717) is 11.1 Å². The van der Waals surface area contributed by atoms with E-state index in [0.717, 1.165) is 0 Å². The number of hydrogen-bond acceptors (Lipinski definition) is 4. The largest absolute Gasteiger partial charge is 0.371 e. The molecule has 0 unspecified atom stereocenters. The molecule has 82 valence electrons. The van der Waals surface area contributed by atoms with Gasteiger partial charge in [-0.3, -0.25) is 4.18 Å². The minimum Gasteiger partial charge on any atom is -0.371 e. The zero-order chi connectivity index (χ0) is 10.9. The Morgan fingerprint density at radius 2 is 2.13 bits per heavy atom. The smallest absolute Gasteiger partial charge is 0.298 e. The van der Waals surface area contributed by atoms with Crippen molar-refractivity contribution in [2.75, 3.05) is 13.2 Å². The molecule has 0 saturated carbocycles. The summed E-state index contributed by atoms with van der Waals surface area (Å²) in [6.45, 7) is 0.662. The van der Waals surface area contributed by atoms with Crippen LogP contribution in [0.15, 0.2) is 33.6 Å². The van der Waals surface area contributed by atoms with Crippen molar-refractivity contribution < 1.29 is 17.3 Å². The first-order valence-electron chi connectivity index (χ1n) is 4.35. The van der Waals surface area contributed by atoms with E-state index in [1.54, 1.807) is 18.2 Å². The van der Waals surface area contributed by atoms with Gasteiger partial charge in [0.2, 0.25) is 0 Å². The number of benzene rings is 1. The van der Waals surface area contributed by atoms with Gasteiger partial charge in [-0.2, -0.15) is 8.42 Å². The maximum Gasteiger partial charge on any atom is 0.298 e. The summed E-state index contributed by atoms with van der Waals surface area (Å²) in [5.41, 5.74) is 0. The molecule has 6 heteroatoms. The topological polar surface area (TPSA) is 55.9 Å². The lowest BCUT2D eigenvalue weighted by molar-refractivity contribution is 0.266. The zero-order valence-electron chi connectivity index (χ0n) is 7.72. The summed E-state index contributed by atoms with van der Waals surface area (Å²) in [5.74, 6) is 0. The second-order valence-corrected chi connectivity index (χ2v) is 5.56. The Kier molecular flexibility index (Phi) is 3.11. The molecule has 4 nitrogen and oxygen atoms in total. The van der Waals surface area contributed by atoms with Crippen LogP contribution in [0.1, 0.15) is 0 Å². The fourth-order valence-corrected chi connectivity index (χ4v) is 2.93. The second kappa shape index (κ2) is 4.21. The van der Waals surface area contributed by atoms with Gasteiger partial charge in [-0.25, -0.2) is 0 Å². The molecule has 0 radical (unpaired) electrons. The van der Waals surface area contributed by atoms with Crippen LogP contribution >= 0.6 is 15.9 Å². The van der Waals surface area contributed by atoms with Crippen LogP contribution in [0, 0.1) is 0 Å². The van der Waals surface area contributed by atoms with Crippen LogP contribution in [-0.2, 0) is 19.0 Å². The molecular formula is C9H9BrO4S. The van der Waals surface area contributed by atoms with Gasteiger partial charge >= 0.3 is 0 Å². The predicted molar refractivity (Wildman–Crippen MR) is 57.0 cm³/mol. The van der Waals surface area contributed by atoms with Crippen molar-refractivity contribution in [1.29, 1.82) is 0 Å². The van der Waals surface area contributed by atoms with Crippen molar-refractivity contribution in [3.8, 4) is 0 Å². The Morgan fingerprint density at radius 1 is 1.47 bits per heavy atom. The molecule has 15 heavy (non-hydrogen) atoms. The maximum absolute atomic E-state index is 11.7. The number of hydrogen-bond donors (Lipinski definition) is 0. The third-order valence-corrected chi connectivity index (χ3v) is 4.21. The summed E-state index contributed by atoms with van der Waals surface area (Å²) in [6.07, 6.45) is -0.0673. The third kappa shape index (κ3) is 2.78. The van der Waals surface area contributed by atoms with E-state index in [1.165, 1.54) is 6.07 Å². The lowest BCUT2D eigenvalue weighted by Gasteiger charge is -2.05. The van der Waals surface area contributed by atoms with Gasteiger partial charge in [0.25, 0.3) is 10.1 Å². The van der Waals surface area contributed by atoms with E-state index in [2.05, 4.69) is 15.9 Å². The van der Waals surface area contributed by atoms with Gasteiger partial charge in [0.15, 0.2) is 0 Å². The monoisotopic (exact) mass is 292 g/mol. The highest BCUT2D eigenvalue weighted by Gasteiger charge is 2.27. The number of rotatable bonds is 4. The normalized spacial score (nSPS) is 20.2. The fourth-order valence-electron chi connectivity index (χ4n) is 1.04. The molecule has 0 amide bonds. The number of ether oxygens (including phenoxy) is 1. The van der Waals surface area contributed by atoms with Crippen molar-refractivity contribution in [3.05, 3.63) is 28.7 Å². The molecule has 0 aromatic heterocycles. The summed E-state index contributed by atoms with van der Waals surface area (Å²) in [4.78, 5) is 0.144. The molecule has 1 saturated heterocycles. The summed E-state index contributed by atoms with van der Waals surface area (Å²) in [5, 5.41) is 0. The molecule has 0 N–H and O–H groups in total. The Bertz CT molecular complexity index is 453. The SMILES string of the molecule is O=S(=O)(OC[C@@H]1CO1)c1ccccc1Br. The molecule has 1 aromatic rings. The first-order chi connectivity index (χ1) is 7.09. The van der Waals surface area contributed by atoms with E-state index in [9.17, 15) is 8.42 Å². The summed E-state index contributed by atoms with van der Waals surface area (Å²) in [7, 11) is -3.67. The number of halogens is 1. The average Bonchev–Trinajstić information content (AvgIpc) is 2.99. The van der Waals surface area contributed by atoms with Gasteiger partial charge in [0.1, 0.15) is 11.0 Å². The van der Waals surface area contributed by atoms with Crippen molar-refractivity contribution in [1.82, 2.24) is 0 Å². The Balaban J connectivity index is 2.16. The molecule has 1 atom stereocenters. The summed E-state index contributed by atoms with van der Waals surface area (Å²) in [6, 6.07) is 6.54. The molecule has 1 fully saturated rings. The quantitative estimate of drug-likeness (QED) is 0.624. The minimum atomic E-state index is -3.67. The lowest BCUT2D eigenvalue weighted by atomic mass is 10.4. The molecule has 0 bridgehead atoms. The highest BCUT2D eigenvalue weighted by Crippen LogP contribution is 2.23.